The van der Waals surface area contributed by atoms with E-state index in [0.717, 1.165) is 11.1 Å². The number of ether oxygens (including phenoxy) is 1. The molecule has 0 bridgehead atoms. The van der Waals surface area contributed by atoms with Crippen molar-refractivity contribution in [2.75, 3.05) is 26.0 Å². The lowest BCUT2D eigenvalue weighted by atomic mass is 10.1. The van der Waals surface area contributed by atoms with E-state index in [9.17, 15) is 9.59 Å². The quantitative estimate of drug-likeness (QED) is 0.888. The Bertz CT molecular complexity index is 711. The van der Waals surface area contributed by atoms with Crippen LogP contribution in [0.1, 0.15) is 21.5 Å². The Balaban J connectivity index is 1.96. The van der Waals surface area contributed by atoms with Crippen LogP contribution in [-0.2, 0) is 16.1 Å². The third-order valence-electron chi connectivity index (χ3n) is 3.55. The predicted octanol–water partition coefficient (Wildman–Crippen LogP) is 2.85. The first-order valence-electron chi connectivity index (χ1n) is 7.69. The first-order chi connectivity index (χ1) is 11.5. The molecule has 0 heterocycles. The number of carbonyl (C=O) groups excluding carboxylic acids is 2. The fourth-order valence-electron chi connectivity index (χ4n) is 2.31. The monoisotopic (exact) mass is 326 g/mol. The highest BCUT2D eigenvalue weighted by molar-refractivity contribution is 5.99. The first kappa shape index (κ1) is 17.7. The number of likely N-dealkylation sites (N-methyl/N-ethyl adjacent to an activating group) is 1. The molecular formula is C19H22N2O3. The predicted molar refractivity (Wildman–Crippen MR) is 93.9 cm³/mol. The summed E-state index contributed by atoms with van der Waals surface area (Å²) < 4.78 is 5.07. The topological polar surface area (TPSA) is 58.6 Å². The zero-order valence-corrected chi connectivity index (χ0v) is 14.2. The molecule has 5 nitrogen and oxygen atoms in total. The van der Waals surface area contributed by atoms with Crippen molar-refractivity contribution < 1.29 is 14.3 Å². The molecule has 5 heteroatoms. The van der Waals surface area contributed by atoms with E-state index < -0.39 is 0 Å². The summed E-state index contributed by atoms with van der Waals surface area (Å²) in [6.07, 6.45) is 0. The van der Waals surface area contributed by atoms with Crippen LogP contribution in [0.5, 0.6) is 0 Å². The first-order valence-corrected chi connectivity index (χ1v) is 7.69. The molecule has 24 heavy (non-hydrogen) atoms. The van der Waals surface area contributed by atoms with E-state index in [1.165, 1.54) is 4.90 Å². The van der Waals surface area contributed by atoms with Gasteiger partial charge in [-0.3, -0.25) is 9.59 Å². The zero-order valence-electron chi connectivity index (χ0n) is 14.2. The van der Waals surface area contributed by atoms with Crippen molar-refractivity contribution in [3.63, 3.8) is 0 Å². The molecule has 0 spiro atoms. The number of nitrogens with zero attached hydrogens (tertiary/aromatic N) is 1. The van der Waals surface area contributed by atoms with Gasteiger partial charge in [0.15, 0.2) is 0 Å². The van der Waals surface area contributed by atoms with E-state index in [0.29, 0.717) is 17.9 Å². The summed E-state index contributed by atoms with van der Waals surface area (Å²) in [6, 6.07) is 14.7. The maximum Gasteiger partial charge on any atom is 0.254 e. The second-order valence-corrected chi connectivity index (χ2v) is 5.71. The van der Waals surface area contributed by atoms with Crippen LogP contribution in [0.4, 0.5) is 5.69 Å². The number of rotatable bonds is 6. The van der Waals surface area contributed by atoms with Gasteiger partial charge in [-0.25, -0.2) is 0 Å². The van der Waals surface area contributed by atoms with E-state index >= 15 is 0 Å². The number of carbonyl (C=O) groups is 2. The van der Waals surface area contributed by atoms with Crippen LogP contribution >= 0.6 is 0 Å². The van der Waals surface area contributed by atoms with Crippen LogP contribution in [0.15, 0.2) is 48.5 Å². The van der Waals surface area contributed by atoms with Gasteiger partial charge in [-0.2, -0.15) is 0 Å². The highest BCUT2D eigenvalue weighted by Gasteiger charge is 2.15. The van der Waals surface area contributed by atoms with Gasteiger partial charge in [-0.1, -0.05) is 29.8 Å². The fraction of sp³-hybridized carbons (Fsp3) is 0.263. The molecule has 0 unspecified atom stereocenters. The minimum Gasteiger partial charge on any atom is -0.380 e. The van der Waals surface area contributed by atoms with Gasteiger partial charge in [0.1, 0.15) is 0 Å². The SMILES string of the molecule is COCc1cccc(C(=O)N(C)CC(=O)Nc2ccc(C)cc2)c1. The highest BCUT2D eigenvalue weighted by atomic mass is 16.5. The lowest BCUT2D eigenvalue weighted by Crippen LogP contribution is -2.35. The number of hydrogen-bond donors (Lipinski definition) is 1. The molecule has 0 saturated heterocycles. The van der Waals surface area contributed by atoms with Gasteiger partial charge < -0.3 is 15.0 Å². The molecule has 2 aromatic rings. The molecule has 0 radical (unpaired) electrons. The van der Waals surface area contributed by atoms with E-state index in [-0.39, 0.29) is 18.4 Å². The molecule has 126 valence electrons. The number of amides is 2. The van der Waals surface area contributed by atoms with E-state index in [4.69, 9.17) is 4.74 Å². The Morgan fingerprint density at radius 1 is 1.12 bits per heavy atom. The Labute approximate surface area is 142 Å². The maximum atomic E-state index is 12.4. The number of hydrogen-bond acceptors (Lipinski definition) is 3. The van der Waals surface area contributed by atoms with Gasteiger partial charge >= 0.3 is 0 Å². The smallest absolute Gasteiger partial charge is 0.254 e. The van der Waals surface area contributed by atoms with Crippen molar-refractivity contribution in [1.82, 2.24) is 4.90 Å². The third-order valence-corrected chi connectivity index (χ3v) is 3.55. The molecule has 0 fully saturated rings. The lowest BCUT2D eigenvalue weighted by Gasteiger charge is -2.17. The largest absolute Gasteiger partial charge is 0.380 e. The van der Waals surface area contributed by atoms with Crippen LogP contribution in [0, 0.1) is 6.92 Å². The van der Waals surface area contributed by atoms with Gasteiger partial charge in [0.05, 0.1) is 13.2 Å². The van der Waals surface area contributed by atoms with Gasteiger partial charge in [0.25, 0.3) is 5.91 Å². The van der Waals surface area contributed by atoms with Gasteiger partial charge in [0.2, 0.25) is 5.91 Å². The summed E-state index contributed by atoms with van der Waals surface area (Å²) in [6.45, 7) is 2.41. The van der Waals surface area contributed by atoms with E-state index in [2.05, 4.69) is 5.32 Å². The molecule has 0 aliphatic rings. The van der Waals surface area contributed by atoms with Gasteiger partial charge in [-0.05, 0) is 36.8 Å². The second-order valence-electron chi connectivity index (χ2n) is 5.71. The average molecular weight is 326 g/mol. The molecular weight excluding hydrogens is 304 g/mol. The summed E-state index contributed by atoms with van der Waals surface area (Å²) in [4.78, 5) is 25.9. The van der Waals surface area contributed by atoms with E-state index in [1.54, 1.807) is 26.3 Å². The number of aryl methyl sites for hydroxylation is 1. The number of anilines is 1. The molecule has 0 aliphatic carbocycles. The van der Waals surface area contributed by atoms with E-state index in [1.807, 2.05) is 43.3 Å². The normalized spacial score (nSPS) is 10.3. The van der Waals surface area contributed by atoms with Crippen molar-refractivity contribution in [1.29, 1.82) is 0 Å². The standard InChI is InChI=1S/C19H22N2O3/c1-14-7-9-17(10-8-14)20-18(22)12-21(2)19(23)16-6-4-5-15(11-16)13-24-3/h4-11H,12-13H2,1-3H3,(H,20,22). The summed E-state index contributed by atoms with van der Waals surface area (Å²) >= 11 is 0. The van der Waals surface area contributed by atoms with Gasteiger partial charge in [-0.15, -0.1) is 0 Å². The van der Waals surface area contributed by atoms with Crippen molar-refractivity contribution in [2.24, 2.45) is 0 Å². The molecule has 2 amide bonds. The van der Waals surface area contributed by atoms with Crippen LogP contribution in [0.3, 0.4) is 0 Å². The molecule has 0 saturated carbocycles. The van der Waals surface area contributed by atoms with Crippen molar-refractivity contribution >= 4 is 17.5 Å². The minimum atomic E-state index is -0.234. The highest BCUT2D eigenvalue weighted by Crippen LogP contribution is 2.10. The van der Waals surface area contributed by atoms with Crippen LogP contribution in [-0.4, -0.2) is 37.4 Å². The summed E-state index contributed by atoms with van der Waals surface area (Å²) in [7, 11) is 3.22. The Morgan fingerprint density at radius 3 is 2.50 bits per heavy atom. The molecule has 0 aromatic heterocycles. The van der Waals surface area contributed by atoms with Crippen LogP contribution < -0.4 is 5.32 Å². The molecule has 0 aliphatic heterocycles. The van der Waals surface area contributed by atoms with Crippen molar-refractivity contribution in [3.05, 3.63) is 65.2 Å². The summed E-state index contributed by atoms with van der Waals surface area (Å²) in [5, 5.41) is 2.79. The zero-order chi connectivity index (χ0) is 17.5. The van der Waals surface area contributed by atoms with Gasteiger partial charge in [0, 0.05) is 25.4 Å². The second kappa shape index (κ2) is 8.26. The molecule has 2 aromatic carbocycles. The Kier molecular flexibility index (Phi) is 6.09. The third kappa shape index (κ3) is 4.93. The van der Waals surface area contributed by atoms with Crippen LogP contribution in [0.25, 0.3) is 0 Å². The van der Waals surface area contributed by atoms with Crippen molar-refractivity contribution in [3.8, 4) is 0 Å². The average Bonchev–Trinajstić information content (AvgIpc) is 2.56. The number of benzene rings is 2. The lowest BCUT2D eigenvalue weighted by molar-refractivity contribution is -0.116. The molecule has 0 atom stereocenters. The van der Waals surface area contributed by atoms with Crippen LogP contribution in [0.2, 0.25) is 0 Å². The minimum absolute atomic E-state index is 0.0127. The molecule has 2 rings (SSSR count). The number of nitrogens with one attached hydrogen (secondary N) is 1. The maximum absolute atomic E-state index is 12.4. The summed E-state index contributed by atoms with van der Waals surface area (Å²) in [5.74, 6) is -0.435. The summed E-state index contributed by atoms with van der Waals surface area (Å²) in [5.41, 5.74) is 3.29. The number of methoxy groups -OCH3 is 1. The van der Waals surface area contributed by atoms with Crippen molar-refractivity contribution in [2.45, 2.75) is 13.5 Å². The Morgan fingerprint density at radius 2 is 1.83 bits per heavy atom. The fourth-order valence-corrected chi connectivity index (χ4v) is 2.31. The Hall–Kier alpha value is -2.66. The molecule has 1 N–H and O–H groups in total.